The average molecular weight is 392 g/mol. The van der Waals surface area contributed by atoms with Crippen molar-refractivity contribution < 1.29 is 4.79 Å². The summed E-state index contributed by atoms with van der Waals surface area (Å²) in [5.41, 5.74) is 3.95. The van der Waals surface area contributed by atoms with Crippen LogP contribution in [0.25, 0.3) is 0 Å². The van der Waals surface area contributed by atoms with Gasteiger partial charge in [-0.3, -0.25) is 4.79 Å². The maximum Gasteiger partial charge on any atom is 0.256 e. The van der Waals surface area contributed by atoms with Crippen LogP contribution in [0.15, 0.2) is 28.1 Å². The number of nitrogens with one attached hydrogen (secondary N) is 1. The number of hydrogen-bond acceptors (Lipinski definition) is 2. The van der Waals surface area contributed by atoms with Crippen LogP contribution in [0.3, 0.4) is 0 Å². The number of thiophene rings is 1. The smallest absolute Gasteiger partial charge is 0.256 e. The number of halogens is 1. The highest BCUT2D eigenvalue weighted by molar-refractivity contribution is 9.10. The summed E-state index contributed by atoms with van der Waals surface area (Å²) in [7, 11) is 0. The van der Waals surface area contributed by atoms with Crippen LogP contribution in [-0.4, -0.2) is 5.91 Å². The fourth-order valence-electron chi connectivity index (χ4n) is 3.19. The molecule has 0 spiro atoms. The minimum absolute atomic E-state index is 0.00636. The standard InChI is InChI=1S/C19H22BrNOS/c1-12-13(2)17(9-8-16(12)20)21-19(22)15-10-18(23-11-15)14-6-4-3-5-7-14/h8-11,14H,3-7H2,1-2H3,(H,21,22). The molecule has 1 N–H and O–H groups in total. The van der Waals surface area contributed by atoms with Gasteiger partial charge in [0, 0.05) is 20.4 Å². The first-order valence-electron chi connectivity index (χ1n) is 8.21. The Morgan fingerprint density at radius 2 is 1.91 bits per heavy atom. The van der Waals surface area contributed by atoms with Gasteiger partial charge in [-0.15, -0.1) is 11.3 Å². The normalized spacial score (nSPS) is 15.6. The predicted molar refractivity (Wildman–Crippen MR) is 102 cm³/mol. The van der Waals surface area contributed by atoms with Gasteiger partial charge >= 0.3 is 0 Å². The molecule has 1 aliphatic rings. The SMILES string of the molecule is Cc1c(Br)ccc(NC(=O)c2csc(C3CCCCC3)c2)c1C. The van der Waals surface area contributed by atoms with Crippen molar-refractivity contribution in [2.45, 2.75) is 51.9 Å². The lowest BCUT2D eigenvalue weighted by molar-refractivity contribution is 0.102. The van der Waals surface area contributed by atoms with E-state index in [1.54, 1.807) is 11.3 Å². The van der Waals surface area contributed by atoms with Gasteiger partial charge < -0.3 is 5.32 Å². The molecule has 4 heteroatoms. The highest BCUT2D eigenvalue weighted by atomic mass is 79.9. The number of hydrogen-bond donors (Lipinski definition) is 1. The molecule has 1 heterocycles. The molecule has 2 aromatic rings. The van der Waals surface area contributed by atoms with Gasteiger partial charge in [0.1, 0.15) is 0 Å². The summed E-state index contributed by atoms with van der Waals surface area (Å²) in [5.74, 6) is 0.653. The van der Waals surface area contributed by atoms with Crippen LogP contribution >= 0.6 is 27.3 Å². The van der Waals surface area contributed by atoms with Crippen LogP contribution in [0.2, 0.25) is 0 Å². The molecule has 1 amide bonds. The Morgan fingerprint density at radius 3 is 2.65 bits per heavy atom. The predicted octanol–water partition coefficient (Wildman–Crippen LogP) is 6.43. The molecule has 0 atom stereocenters. The van der Waals surface area contributed by atoms with Crippen molar-refractivity contribution in [3.8, 4) is 0 Å². The molecule has 122 valence electrons. The lowest BCUT2D eigenvalue weighted by Gasteiger charge is -2.19. The van der Waals surface area contributed by atoms with Gasteiger partial charge in [0.15, 0.2) is 0 Å². The van der Waals surface area contributed by atoms with Crippen molar-refractivity contribution in [1.29, 1.82) is 0 Å². The van der Waals surface area contributed by atoms with Crippen LogP contribution in [0, 0.1) is 13.8 Å². The number of amides is 1. The first kappa shape index (κ1) is 16.7. The lowest BCUT2D eigenvalue weighted by Crippen LogP contribution is -2.12. The Hall–Kier alpha value is -1.13. The van der Waals surface area contributed by atoms with Crippen molar-refractivity contribution in [2.24, 2.45) is 0 Å². The van der Waals surface area contributed by atoms with Crippen molar-refractivity contribution >= 4 is 38.9 Å². The molecule has 3 rings (SSSR count). The zero-order chi connectivity index (χ0) is 16.4. The molecular weight excluding hydrogens is 370 g/mol. The molecule has 0 bridgehead atoms. The van der Waals surface area contributed by atoms with Crippen LogP contribution < -0.4 is 5.32 Å². The number of rotatable bonds is 3. The Balaban J connectivity index is 1.74. The maximum atomic E-state index is 12.5. The second-order valence-electron chi connectivity index (χ2n) is 6.37. The van der Waals surface area contributed by atoms with Crippen LogP contribution in [-0.2, 0) is 0 Å². The Kier molecular flexibility index (Phi) is 5.22. The first-order chi connectivity index (χ1) is 11.1. The molecule has 1 aromatic heterocycles. The summed E-state index contributed by atoms with van der Waals surface area (Å²) in [6, 6.07) is 6.04. The van der Waals surface area contributed by atoms with Crippen LogP contribution in [0.5, 0.6) is 0 Å². The topological polar surface area (TPSA) is 29.1 Å². The van der Waals surface area contributed by atoms with Gasteiger partial charge in [0.2, 0.25) is 0 Å². The number of carbonyl (C=O) groups is 1. The minimum Gasteiger partial charge on any atom is -0.322 e. The maximum absolute atomic E-state index is 12.5. The number of anilines is 1. The van der Waals surface area contributed by atoms with Gasteiger partial charge in [-0.25, -0.2) is 0 Å². The summed E-state index contributed by atoms with van der Waals surface area (Å²) in [6.07, 6.45) is 6.54. The van der Waals surface area contributed by atoms with Crippen molar-refractivity contribution in [1.82, 2.24) is 0 Å². The van der Waals surface area contributed by atoms with E-state index in [1.165, 1.54) is 37.0 Å². The van der Waals surface area contributed by atoms with Crippen LogP contribution in [0.1, 0.15) is 64.4 Å². The van der Waals surface area contributed by atoms with E-state index in [0.717, 1.165) is 26.9 Å². The lowest BCUT2D eigenvalue weighted by atomic mass is 9.88. The van der Waals surface area contributed by atoms with Gasteiger partial charge in [-0.1, -0.05) is 35.2 Å². The third-order valence-corrected chi connectivity index (χ3v) is 6.81. The number of carbonyl (C=O) groups excluding carboxylic acids is 1. The zero-order valence-corrected chi connectivity index (χ0v) is 16.0. The molecule has 0 unspecified atom stereocenters. The molecule has 2 nitrogen and oxygen atoms in total. The van der Waals surface area contributed by atoms with E-state index in [0.29, 0.717) is 5.92 Å². The average Bonchev–Trinajstić information content (AvgIpc) is 3.06. The molecule has 1 saturated carbocycles. The Labute approximate surface area is 150 Å². The molecule has 0 aliphatic heterocycles. The number of benzene rings is 1. The fraction of sp³-hybridized carbons (Fsp3) is 0.421. The summed E-state index contributed by atoms with van der Waals surface area (Å²) in [4.78, 5) is 13.9. The monoisotopic (exact) mass is 391 g/mol. The third-order valence-electron chi connectivity index (χ3n) is 4.86. The Morgan fingerprint density at radius 1 is 1.17 bits per heavy atom. The third kappa shape index (κ3) is 3.69. The van der Waals surface area contributed by atoms with E-state index in [2.05, 4.69) is 34.2 Å². The molecule has 0 saturated heterocycles. The van der Waals surface area contributed by atoms with Gasteiger partial charge in [-0.2, -0.15) is 0 Å². The zero-order valence-electron chi connectivity index (χ0n) is 13.6. The summed E-state index contributed by atoms with van der Waals surface area (Å²) in [5, 5.41) is 5.06. The molecule has 1 fully saturated rings. The quantitative estimate of drug-likeness (QED) is 0.641. The fourth-order valence-corrected chi connectivity index (χ4v) is 4.68. The van der Waals surface area contributed by atoms with Crippen molar-refractivity contribution in [3.63, 3.8) is 0 Å². The van der Waals surface area contributed by atoms with Crippen molar-refractivity contribution in [3.05, 3.63) is 49.6 Å². The van der Waals surface area contributed by atoms with Crippen LogP contribution in [0.4, 0.5) is 5.69 Å². The van der Waals surface area contributed by atoms with Gasteiger partial charge in [0.05, 0.1) is 5.56 Å². The second-order valence-corrected chi connectivity index (χ2v) is 8.17. The van der Waals surface area contributed by atoms with E-state index < -0.39 is 0 Å². The first-order valence-corrected chi connectivity index (χ1v) is 9.89. The second kappa shape index (κ2) is 7.18. The Bertz CT molecular complexity index is 716. The summed E-state index contributed by atoms with van der Waals surface area (Å²) >= 11 is 5.26. The van der Waals surface area contributed by atoms with E-state index in [4.69, 9.17) is 0 Å². The minimum atomic E-state index is -0.00636. The van der Waals surface area contributed by atoms with Gasteiger partial charge in [-0.05, 0) is 61.9 Å². The van der Waals surface area contributed by atoms with E-state index in [9.17, 15) is 4.79 Å². The molecule has 1 aliphatic carbocycles. The van der Waals surface area contributed by atoms with E-state index >= 15 is 0 Å². The largest absolute Gasteiger partial charge is 0.322 e. The van der Waals surface area contributed by atoms with Crippen molar-refractivity contribution in [2.75, 3.05) is 5.32 Å². The molecule has 23 heavy (non-hydrogen) atoms. The summed E-state index contributed by atoms with van der Waals surface area (Å²) < 4.78 is 1.07. The summed E-state index contributed by atoms with van der Waals surface area (Å²) in [6.45, 7) is 4.09. The highest BCUT2D eigenvalue weighted by Crippen LogP contribution is 2.36. The molecule has 1 aromatic carbocycles. The van der Waals surface area contributed by atoms with E-state index in [1.807, 2.05) is 24.4 Å². The highest BCUT2D eigenvalue weighted by Gasteiger charge is 2.19. The molecule has 0 radical (unpaired) electrons. The van der Waals surface area contributed by atoms with Gasteiger partial charge in [0.25, 0.3) is 5.91 Å². The van der Waals surface area contributed by atoms with E-state index in [-0.39, 0.29) is 5.91 Å². The molecular formula is C19H22BrNOS.